The molecule has 6 heteroatoms. The van der Waals surface area contributed by atoms with Crippen LogP contribution in [0.5, 0.6) is 5.75 Å². The number of benzene rings is 3. The fraction of sp³-hybridized carbons (Fsp3) is 0.167. The number of methoxy groups -OCH3 is 1. The van der Waals surface area contributed by atoms with E-state index in [9.17, 15) is 9.59 Å². The molecule has 0 radical (unpaired) electrons. The fourth-order valence-corrected chi connectivity index (χ4v) is 4.76. The highest BCUT2D eigenvalue weighted by molar-refractivity contribution is 6.30. The third kappa shape index (κ3) is 2.48. The Bertz CT molecular complexity index is 1160. The molecule has 2 heterocycles. The summed E-state index contributed by atoms with van der Waals surface area (Å²) in [4.78, 5) is 30.6. The Hall–Kier alpha value is -3.31. The maximum absolute atomic E-state index is 13.7. The highest BCUT2D eigenvalue weighted by Gasteiger charge is 2.59. The molecule has 1 saturated heterocycles. The third-order valence-electron chi connectivity index (χ3n) is 5.92. The van der Waals surface area contributed by atoms with Gasteiger partial charge in [-0.15, -0.1) is 0 Å². The largest absolute Gasteiger partial charge is 0.497 e. The summed E-state index contributed by atoms with van der Waals surface area (Å²) in [5.41, 5.74) is 1.78. The number of amides is 2. The predicted molar refractivity (Wildman–Crippen MR) is 114 cm³/mol. The van der Waals surface area contributed by atoms with Crippen LogP contribution in [-0.4, -0.2) is 41.8 Å². The first kappa shape index (κ1) is 18.7. The molecule has 3 aromatic carbocycles. The van der Waals surface area contributed by atoms with E-state index in [1.54, 1.807) is 53.3 Å². The zero-order valence-corrected chi connectivity index (χ0v) is 17.1. The number of rotatable bonds is 3. The van der Waals surface area contributed by atoms with E-state index in [0.29, 0.717) is 35.0 Å². The maximum Gasteiger partial charge on any atom is 0.256 e. The van der Waals surface area contributed by atoms with Crippen LogP contribution in [-0.2, 0) is 5.66 Å². The van der Waals surface area contributed by atoms with Gasteiger partial charge in [0, 0.05) is 40.4 Å². The number of hydrogen-bond donors (Lipinski definition) is 0. The number of nitrogens with zero attached hydrogens (tertiary/aromatic N) is 2. The number of carbonyl (C=O) groups is 2. The lowest BCUT2D eigenvalue weighted by molar-refractivity contribution is 0.0375. The van der Waals surface area contributed by atoms with Gasteiger partial charge in [-0.3, -0.25) is 9.59 Å². The highest BCUT2D eigenvalue weighted by Crippen LogP contribution is 2.50. The average Bonchev–Trinajstić information content (AvgIpc) is 3.29. The molecule has 2 aliphatic heterocycles. The molecule has 2 aliphatic rings. The zero-order chi connectivity index (χ0) is 20.9. The van der Waals surface area contributed by atoms with E-state index in [2.05, 4.69) is 0 Å². The fourth-order valence-electron chi connectivity index (χ4n) is 4.64. The molecule has 0 N–H and O–H groups in total. The quantitative estimate of drug-likeness (QED) is 0.641. The first-order chi connectivity index (χ1) is 14.6. The number of ether oxygens (including phenoxy) is 1. The van der Waals surface area contributed by atoms with E-state index < -0.39 is 5.66 Å². The normalized spacial score (nSPS) is 19.6. The molecule has 5 nitrogen and oxygen atoms in total. The Balaban J connectivity index is 1.73. The molecule has 5 rings (SSSR count). The Morgan fingerprint density at radius 1 is 1.00 bits per heavy atom. The summed E-state index contributed by atoms with van der Waals surface area (Å²) < 4.78 is 5.30. The molecule has 150 valence electrons. The maximum atomic E-state index is 13.7. The summed E-state index contributed by atoms with van der Waals surface area (Å²) in [7, 11) is 1.57. The van der Waals surface area contributed by atoms with Crippen molar-refractivity contribution in [2.75, 3.05) is 20.2 Å². The van der Waals surface area contributed by atoms with Crippen molar-refractivity contribution in [3.05, 3.63) is 100 Å². The van der Waals surface area contributed by atoms with Crippen molar-refractivity contribution in [1.82, 2.24) is 9.80 Å². The van der Waals surface area contributed by atoms with Crippen molar-refractivity contribution < 1.29 is 14.3 Å². The molecule has 3 aromatic rings. The van der Waals surface area contributed by atoms with Gasteiger partial charge in [0.05, 0.1) is 7.11 Å². The van der Waals surface area contributed by atoms with Gasteiger partial charge in [-0.2, -0.15) is 0 Å². The molecule has 30 heavy (non-hydrogen) atoms. The van der Waals surface area contributed by atoms with E-state index in [1.165, 1.54) is 0 Å². The second kappa shape index (κ2) is 6.89. The number of carbonyl (C=O) groups excluding carboxylic acids is 2. The van der Waals surface area contributed by atoms with Gasteiger partial charge in [-0.1, -0.05) is 48.0 Å². The second-order valence-corrected chi connectivity index (χ2v) is 7.81. The van der Waals surface area contributed by atoms with Crippen LogP contribution in [0.1, 0.15) is 31.8 Å². The van der Waals surface area contributed by atoms with Gasteiger partial charge < -0.3 is 14.5 Å². The van der Waals surface area contributed by atoms with E-state index in [-0.39, 0.29) is 11.8 Å². The minimum absolute atomic E-state index is 0.0681. The lowest BCUT2D eigenvalue weighted by Crippen LogP contribution is -2.51. The van der Waals surface area contributed by atoms with Crippen LogP contribution in [0.3, 0.4) is 0 Å². The molecule has 0 aromatic heterocycles. The number of fused-ring (bicyclic) bond motifs is 3. The van der Waals surface area contributed by atoms with Crippen LogP contribution < -0.4 is 4.74 Å². The van der Waals surface area contributed by atoms with Crippen molar-refractivity contribution in [2.45, 2.75) is 5.66 Å². The summed E-state index contributed by atoms with van der Waals surface area (Å²) in [6.07, 6.45) is 0. The molecular formula is C24H19ClN2O3. The van der Waals surface area contributed by atoms with Gasteiger partial charge in [0.15, 0.2) is 5.66 Å². The SMILES string of the molecule is COc1cccc(C(=O)N2CCN3C(=O)c4ccccc4[C@@]23c2ccc(Cl)cc2)c1. The van der Waals surface area contributed by atoms with Gasteiger partial charge >= 0.3 is 0 Å². The van der Waals surface area contributed by atoms with Gasteiger partial charge in [-0.25, -0.2) is 0 Å². The van der Waals surface area contributed by atoms with Crippen LogP contribution >= 0.6 is 11.6 Å². The Morgan fingerprint density at radius 3 is 2.53 bits per heavy atom. The molecule has 0 bridgehead atoms. The number of halogens is 1. The van der Waals surface area contributed by atoms with Crippen molar-refractivity contribution >= 4 is 23.4 Å². The van der Waals surface area contributed by atoms with E-state index >= 15 is 0 Å². The molecule has 0 spiro atoms. The van der Waals surface area contributed by atoms with Crippen LogP contribution in [0.4, 0.5) is 0 Å². The third-order valence-corrected chi connectivity index (χ3v) is 6.17. The lowest BCUT2D eigenvalue weighted by atomic mass is 9.89. The standard InChI is InChI=1S/C24H19ClN2O3/c1-30-19-6-4-5-16(15-19)22(28)26-13-14-27-23(29)20-7-2-3-8-21(20)24(26,27)17-9-11-18(25)12-10-17/h2-12,15H,13-14H2,1H3/t24-/m0/s1. The zero-order valence-electron chi connectivity index (χ0n) is 16.3. The van der Waals surface area contributed by atoms with Gasteiger partial charge in [0.25, 0.3) is 11.8 Å². The Labute approximate surface area is 179 Å². The monoisotopic (exact) mass is 418 g/mol. The second-order valence-electron chi connectivity index (χ2n) is 7.37. The van der Waals surface area contributed by atoms with Crippen LogP contribution in [0.15, 0.2) is 72.8 Å². The van der Waals surface area contributed by atoms with E-state index in [0.717, 1.165) is 11.1 Å². The summed E-state index contributed by atoms with van der Waals surface area (Å²) >= 11 is 6.14. The molecule has 0 saturated carbocycles. The highest BCUT2D eigenvalue weighted by atomic mass is 35.5. The minimum atomic E-state index is -1.00. The summed E-state index contributed by atoms with van der Waals surface area (Å²) in [6.45, 7) is 0.880. The molecular weight excluding hydrogens is 400 g/mol. The molecule has 1 atom stereocenters. The van der Waals surface area contributed by atoms with Gasteiger partial charge in [0.2, 0.25) is 0 Å². The van der Waals surface area contributed by atoms with Crippen molar-refractivity contribution in [3.8, 4) is 5.75 Å². The molecule has 1 fully saturated rings. The predicted octanol–water partition coefficient (Wildman–Crippen LogP) is 4.16. The summed E-state index contributed by atoms with van der Waals surface area (Å²) in [6, 6.07) is 22.0. The van der Waals surface area contributed by atoms with Gasteiger partial charge in [0.1, 0.15) is 5.75 Å². The van der Waals surface area contributed by atoms with Crippen molar-refractivity contribution in [2.24, 2.45) is 0 Å². The Kier molecular flexibility index (Phi) is 4.29. The van der Waals surface area contributed by atoms with Gasteiger partial charge in [-0.05, 0) is 36.4 Å². The van der Waals surface area contributed by atoms with E-state index in [1.807, 2.05) is 36.4 Å². The van der Waals surface area contributed by atoms with E-state index in [4.69, 9.17) is 16.3 Å². The molecule has 2 amide bonds. The molecule has 0 aliphatic carbocycles. The summed E-state index contributed by atoms with van der Waals surface area (Å²) in [5, 5.41) is 0.600. The first-order valence-corrected chi connectivity index (χ1v) is 10.1. The Morgan fingerprint density at radius 2 is 1.77 bits per heavy atom. The first-order valence-electron chi connectivity index (χ1n) is 9.71. The van der Waals surface area contributed by atoms with Crippen LogP contribution in [0.25, 0.3) is 0 Å². The van der Waals surface area contributed by atoms with Crippen molar-refractivity contribution in [1.29, 1.82) is 0 Å². The van der Waals surface area contributed by atoms with Crippen molar-refractivity contribution in [3.63, 3.8) is 0 Å². The van der Waals surface area contributed by atoms with Crippen LogP contribution in [0.2, 0.25) is 5.02 Å². The average molecular weight is 419 g/mol. The molecule has 0 unspecified atom stereocenters. The smallest absolute Gasteiger partial charge is 0.256 e. The number of hydrogen-bond acceptors (Lipinski definition) is 3. The van der Waals surface area contributed by atoms with Crippen LogP contribution in [0, 0.1) is 0 Å². The lowest BCUT2D eigenvalue weighted by Gasteiger charge is -2.40. The topological polar surface area (TPSA) is 49.9 Å². The minimum Gasteiger partial charge on any atom is -0.497 e. The summed E-state index contributed by atoms with van der Waals surface area (Å²) in [5.74, 6) is 0.387.